The van der Waals surface area contributed by atoms with Gasteiger partial charge in [-0.2, -0.15) is 0 Å². The molecule has 0 bridgehead atoms. The fourth-order valence-electron chi connectivity index (χ4n) is 2.19. The van der Waals surface area contributed by atoms with E-state index in [0.717, 1.165) is 24.3 Å². The third-order valence-corrected chi connectivity index (χ3v) is 3.25. The molecule has 0 aliphatic heterocycles. The average Bonchev–Trinajstić information content (AvgIpc) is 2.41. The Balaban J connectivity index is 2.16. The Hall–Kier alpha value is -1.70. The van der Waals surface area contributed by atoms with E-state index in [1.54, 1.807) is 18.5 Å². The lowest BCUT2D eigenvalue weighted by Gasteiger charge is -2.08. The second kappa shape index (κ2) is 6.46. The summed E-state index contributed by atoms with van der Waals surface area (Å²) in [6.07, 6.45) is 6.77. The molecule has 1 nitrogen and oxygen atoms in total. The molecule has 1 aromatic heterocycles. The minimum absolute atomic E-state index is 0.180. The highest BCUT2D eigenvalue weighted by Gasteiger charge is 2.06. The molecule has 0 fully saturated rings. The molecule has 1 aromatic carbocycles. The molecule has 0 aliphatic rings. The van der Waals surface area contributed by atoms with Crippen LogP contribution < -0.4 is 0 Å². The molecule has 0 unspecified atom stereocenters. The van der Waals surface area contributed by atoms with Crippen molar-refractivity contribution in [3.8, 4) is 11.1 Å². The lowest BCUT2D eigenvalue weighted by atomic mass is 9.99. The van der Waals surface area contributed by atoms with Crippen LogP contribution in [0.5, 0.6) is 0 Å². The van der Waals surface area contributed by atoms with Crippen LogP contribution in [-0.2, 0) is 6.42 Å². The Morgan fingerprint density at radius 3 is 2.74 bits per heavy atom. The molecule has 0 aliphatic carbocycles. The maximum Gasteiger partial charge on any atom is 0.131 e. The van der Waals surface area contributed by atoms with Crippen molar-refractivity contribution in [2.45, 2.75) is 33.1 Å². The summed E-state index contributed by atoms with van der Waals surface area (Å²) >= 11 is 0. The van der Waals surface area contributed by atoms with Crippen LogP contribution in [0, 0.1) is 11.7 Å². The normalized spacial score (nSPS) is 10.9. The van der Waals surface area contributed by atoms with Gasteiger partial charge in [0.1, 0.15) is 5.82 Å². The van der Waals surface area contributed by atoms with Crippen molar-refractivity contribution in [1.82, 2.24) is 4.98 Å². The third-order valence-electron chi connectivity index (χ3n) is 3.25. The number of hydrogen-bond acceptors (Lipinski definition) is 1. The summed E-state index contributed by atoms with van der Waals surface area (Å²) < 4.78 is 13.9. The van der Waals surface area contributed by atoms with Gasteiger partial charge in [0.15, 0.2) is 0 Å². The molecule has 0 amide bonds. The molecule has 19 heavy (non-hydrogen) atoms. The zero-order chi connectivity index (χ0) is 13.7. The first-order valence-electron chi connectivity index (χ1n) is 6.85. The minimum Gasteiger partial charge on any atom is -0.264 e. The third kappa shape index (κ3) is 3.88. The van der Waals surface area contributed by atoms with E-state index in [-0.39, 0.29) is 5.82 Å². The van der Waals surface area contributed by atoms with Crippen LogP contribution in [-0.4, -0.2) is 4.98 Å². The van der Waals surface area contributed by atoms with Crippen LogP contribution in [0.3, 0.4) is 0 Å². The number of benzene rings is 1. The number of hydrogen-bond donors (Lipinski definition) is 0. The summed E-state index contributed by atoms with van der Waals surface area (Å²) in [6, 6.07) is 9.12. The highest BCUT2D eigenvalue weighted by Crippen LogP contribution is 2.24. The van der Waals surface area contributed by atoms with Gasteiger partial charge in [-0.05, 0) is 42.5 Å². The number of aromatic nitrogens is 1. The Labute approximate surface area is 114 Å². The van der Waals surface area contributed by atoms with Gasteiger partial charge in [-0.25, -0.2) is 4.39 Å². The van der Waals surface area contributed by atoms with E-state index >= 15 is 0 Å². The van der Waals surface area contributed by atoms with Crippen molar-refractivity contribution >= 4 is 0 Å². The first-order valence-corrected chi connectivity index (χ1v) is 6.85. The van der Waals surface area contributed by atoms with Crippen molar-refractivity contribution in [2.75, 3.05) is 0 Å². The summed E-state index contributed by atoms with van der Waals surface area (Å²) in [7, 11) is 0. The maximum atomic E-state index is 13.9. The van der Waals surface area contributed by atoms with E-state index < -0.39 is 0 Å². The molecule has 0 atom stereocenters. The van der Waals surface area contributed by atoms with Gasteiger partial charge in [0.25, 0.3) is 0 Å². The van der Waals surface area contributed by atoms with E-state index in [2.05, 4.69) is 18.8 Å². The van der Waals surface area contributed by atoms with Crippen molar-refractivity contribution in [2.24, 2.45) is 5.92 Å². The Morgan fingerprint density at radius 1 is 1.21 bits per heavy atom. The lowest BCUT2D eigenvalue weighted by molar-refractivity contribution is 0.555. The quantitative estimate of drug-likeness (QED) is 0.745. The highest BCUT2D eigenvalue weighted by molar-refractivity contribution is 5.63. The van der Waals surface area contributed by atoms with Crippen LogP contribution in [0.15, 0.2) is 42.7 Å². The molecule has 0 radical (unpaired) electrons. The Morgan fingerprint density at radius 2 is 2.05 bits per heavy atom. The number of pyridine rings is 1. The summed E-state index contributed by atoms with van der Waals surface area (Å²) in [5, 5.41) is 0. The van der Waals surface area contributed by atoms with Crippen molar-refractivity contribution < 1.29 is 4.39 Å². The molecule has 2 rings (SSSR count). The molecule has 100 valence electrons. The summed E-state index contributed by atoms with van der Waals surface area (Å²) in [6.45, 7) is 4.46. The predicted octanol–water partition coefficient (Wildman–Crippen LogP) is 4.87. The Bertz CT molecular complexity index is 520. The molecule has 2 aromatic rings. The van der Waals surface area contributed by atoms with Crippen LogP contribution in [0.2, 0.25) is 0 Å². The summed E-state index contributed by atoms with van der Waals surface area (Å²) in [5.74, 6) is 0.541. The fraction of sp³-hybridized carbons (Fsp3) is 0.353. The fourth-order valence-corrected chi connectivity index (χ4v) is 2.19. The highest BCUT2D eigenvalue weighted by atomic mass is 19.1. The monoisotopic (exact) mass is 257 g/mol. The SMILES string of the molecule is CC(C)CCCc1ccc(F)c(-c2cccnc2)c1. The Kier molecular flexibility index (Phi) is 4.67. The number of nitrogens with zero attached hydrogens (tertiary/aromatic N) is 1. The molecule has 0 saturated heterocycles. The van der Waals surface area contributed by atoms with Gasteiger partial charge < -0.3 is 0 Å². The molecule has 0 N–H and O–H groups in total. The smallest absolute Gasteiger partial charge is 0.131 e. The molecular weight excluding hydrogens is 237 g/mol. The van der Waals surface area contributed by atoms with Gasteiger partial charge >= 0.3 is 0 Å². The van der Waals surface area contributed by atoms with E-state index in [1.807, 2.05) is 24.3 Å². The average molecular weight is 257 g/mol. The zero-order valence-electron chi connectivity index (χ0n) is 11.6. The maximum absolute atomic E-state index is 13.9. The number of rotatable bonds is 5. The van der Waals surface area contributed by atoms with E-state index in [9.17, 15) is 4.39 Å². The van der Waals surface area contributed by atoms with Crippen molar-refractivity contribution in [3.05, 3.63) is 54.1 Å². The predicted molar refractivity (Wildman–Crippen MR) is 77.4 cm³/mol. The van der Waals surface area contributed by atoms with Gasteiger partial charge in [0, 0.05) is 23.5 Å². The van der Waals surface area contributed by atoms with E-state index in [0.29, 0.717) is 5.56 Å². The molecule has 1 heterocycles. The summed E-state index contributed by atoms with van der Waals surface area (Å²) in [4.78, 5) is 4.05. The van der Waals surface area contributed by atoms with Gasteiger partial charge in [0.05, 0.1) is 0 Å². The first kappa shape index (κ1) is 13.7. The van der Waals surface area contributed by atoms with Crippen molar-refractivity contribution in [1.29, 1.82) is 0 Å². The molecule has 0 spiro atoms. The zero-order valence-corrected chi connectivity index (χ0v) is 11.6. The van der Waals surface area contributed by atoms with Crippen molar-refractivity contribution in [3.63, 3.8) is 0 Å². The second-order valence-electron chi connectivity index (χ2n) is 5.34. The number of halogens is 1. The standard InChI is InChI=1S/C17H20FN/c1-13(2)5-3-6-14-8-9-17(18)16(11-14)15-7-4-10-19-12-15/h4,7-13H,3,5-6H2,1-2H3. The van der Waals surface area contributed by atoms with Gasteiger partial charge in [-0.15, -0.1) is 0 Å². The van der Waals surface area contributed by atoms with Crippen LogP contribution in [0.4, 0.5) is 4.39 Å². The second-order valence-corrected chi connectivity index (χ2v) is 5.34. The largest absolute Gasteiger partial charge is 0.264 e. The minimum atomic E-state index is -0.180. The lowest BCUT2D eigenvalue weighted by Crippen LogP contribution is -1.93. The molecule has 2 heteroatoms. The first-order chi connectivity index (χ1) is 9.16. The van der Waals surface area contributed by atoms with Crippen LogP contribution >= 0.6 is 0 Å². The molecular formula is C17H20FN. The topological polar surface area (TPSA) is 12.9 Å². The van der Waals surface area contributed by atoms with Gasteiger partial charge in [-0.3, -0.25) is 4.98 Å². The van der Waals surface area contributed by atoms with Crippen LogP contribution in [0.1, 0.15) is 32.3 Å². The van der Waals surface area contributed by atoms with E-state index in [1.165, 1.54) is 12.0 Å². The number of aryl methyl sites for hydroxylation is 1. The van der Waals surface area contributed by atoms with E-state index in [4.69, 9.17) is 0 Å². The van der Waals surface area contributed by atoms with Gasteiger partial charge in [0.2, 0.25) is 0 Å². The van der Waals surface area contributed by atoms with Crippen LogP contribution in [0.25, 0.3) is 11.1 Å². The molecule has 0 saturated carbocycles. The summed E-state index contributed by atoms with van der Waals surface area (Å²) in [5.41, 5.74) is 2.68. The van der Waals surface area contributed by atoms with Gasteiger partial charge in [-0.1, -0.05) is 32.4 Å².